The summed E-state index contributed by atoms with van der Waals surface area (Å²) >= 11 is 5.30. The highest BCUT2D eigenvalue weighted by Gasteiger charge is 2.75. The maximum absolute atomic E-state index is 13.8. The van der Waals surface area contributed by atoms with Gasteiger partial charge < -0.3 is 20.6 Å². The summed E-state index contributed by atoms with van der Waals surface area (Å²) < 4.78 is -0.725. The summed E-state index contributed by atoms with van der Waals surface area (Å²) in [6.07, 6.45) is 0.608. The van der Waals surface area contributed by atoms with E-state index in [0.717, 1.165) is 10.8 Å². The molecule has 33 heavy (non-hydrogen) atoms. The fraction of sp³-hybridized carbons (Fsp3) is 0.458. The number of thioether (sulfide) groups is 1. The molecular weight excluding hydrogens is 506 g/mol. The molecule has 0 aliphatic carbocycles. The summed E-state index contributed by atoms with van der Waals surface area (Å²) in [4.78, 5) is 41.8. The Bertz CT molecular complexity index is 1150. The van der Waals surface area contributed by atoms with E-state index in [2.05, 4.69) is 26.6 Å². The SMILES string of the molecule is CNC(=O)[C@H]1[C@H]2C(=O)N([C@H](C)CO)C(C(=O)Nc3ccc4ccccc4c3)C23CC(Br)[C@@H]1S3. The lowest BCUT2D eigenvalue weighted by molar-refractivity contribution is -0.141. The van der Waals surface area contributed by atoms with Gasteiger partial charge in [-0.15, -0.1) is 11.8 Å². The van der Waals surface area contributed by atoms with Crippen LogP contribution >= 0.6 is 27.7 Å². The lowest BCUT2D eigenvalue weighted by Gasteiger charge is -2.36. The summed E-state index contributed by atoms with van der Waals surface area (Å²) in [5.74, 6) is -1.80. The zero-order chi connectivity index (χ0) is 23.5. The average Bonchev–Trinajstić information content (AvgIpc) is 3.41. The molecule has 3 fully saturated rings. The Balaban J connectivity index is 1.54. The van der Waals surface area contributed by atoms with Crippen LogP contribution in [0.2, 0.25) is 0 Å². The zero-order valence-corrected chi connectivity index (χ0v) is 20.7. The number of nitrogens with zero attached hydrogens (tertiary/aromatic N) is 1. The fourth-order valence-corrected chi connectivity index (χ4v) is 9.47. The van der Waals surface area contributed by atoms with Crippen LogP contribution in [0, 0.1) is 11.8 Å². The third-order valence-electron chi connectivity index (χ3n) is 7.28. The van der Waals surface area contributed by atoms with Crippen molar-refractivity contribution in [3.63, 3.8) is 0 Å². The minimum Gasteiger partial charge on any atom is -0.394 e. The van der Waals surface area contributed by atoms with Crippen molar-refractivity contribution in [2.45, 2.75) is 40.3 Å². The summed E-state index contributed by atoms with van der Waals surface area (Å²) in [6.45, 7) is 1.48. The van der Waals surface area contributed by atoms with Gasteiger partial charge in [-0.05, 0) is 36.2 Å². The van der Waals surface area contributed by atoms with E-state index in [9.17, 15) is 19.5 Å². The predicted molar refractivity (Wildman–Crippen MR) is 132 cm³/mol. The lowest BCUT2D eigenvalue weighted by Crippen LogP contribution is -2.54. The molecule has 3 amide bonds. The molecule has 9 heteroatoms. The molecule has 0 radical (unpaired) electrons. The van der Waals surface area contributed by atoms with Crippen molar-refractivity contribution >= 4 is 61.9 Å². The minimum atomic E-state index is -0.784. The summed E-state index contributed by atoms with van der Waals surface area (Å²) in [5, 5.41) is 17.6. The van der Waals surface area contributed by atoms with E-state index in [-0.39, 0.29) is 34.4 Å². The van der Waals surface area contributed by atoms with E-state index in [1.165, 1.54) is 4.90 Å². The van der Waals surface area contributed by atoms with Crippen LogP contribution in [0.25, 0.3) is 10.8 Å². The highest BCUT2D eigenvalue weighted by molar-refractivity contribution is 9.09. The minimum absolute atomic E-state index is 0.0224. The summed E-state index contributed by atoms with van der Waals surface area (Å²) in [5.41, 5.74) is 0.651. The van der Waals surface area contributed by atoms with Crippen molar-refractivity contribution in [2.24, 2.45) is 11.8 Å². The molecule has 5 rings (SSSR count). The monoisotopic (exact) mass is 531 g/mol. The fourth-order valence-electron chi connectivity index (χ4n) is 5.87. The van der Waals surface area contributed by atoms with Crippen molar-refractivity contribution < 1.29 is 19.5 Å². The smallest absolute Gasteiger partial charge is 0.248 e. The molecule has 174 valence electrons. The van der Waals surface area contributed by atoms with Gasteiger partial charge in [0.2, 0.25) is 17.7 Å². The number of likely N-dealkylation sites (tertiary alicyclic amines) is 1. The van der Waals surface area contributed by atoms with Gasteiger partial charge in [-0.2, -0.15) is 0 Å². The van der Waals surface area contributed by atoms with E-state index < -0.39 is 28.7 Å². The number of aliphatic hydroxyl groups excluding tert-OH is 1. The Morgan fingerprint density at radius 1 is 1.24 bits per heavy atom. The number of amides is 3. The molecule has 2 bridgehead atoms. The van der Waals surface area contributed by atoms with Crippen LogP contribution in [0.4, 0.5) is 5.69 Å². The molecule has 7 atom stereocenters. The second kappa shape index (κ2) is 8.29. The van der Waals surface area contributed by atoms with Crippen LogP contribution in [-0.4, -0.2) is 68.3 Å². The second-order valence-corrected chi connectivity index (χ2v) is 11.8. The normalized spacial score (nSPS) is 33.3. The van der Waals surface area contributed by atoms with Crippen molar-refractivity contribution in [3.05, 3.63) is 42.5 Å². The number of fused-ring (bicyclic) bond motifs is 2. The maximum Gasteiger partial charge on any atom is 0.248 e. The van der Waals surface area contributed by atoms with Crippen molar-refractivity contribution in [1.29, 1.82) is 0 Å². The number of nitrogens with one attached hydrogen (secondary N) is 2. The highest BCUT2D eigenvalue weighted by Crippen LogP contribution is 2.67. The number of rotatable bonds is 5. The zero-order valence-electron chi connectivity index (χ0n) is 18.3. The lowest BCUT2D eigenvalue weighted by atomic mass is 9.70. The molecule has 3 heterocycles. The number of halogens is 1. The first-order valence-electron chi connectivity index (χ1n) is 11.1. The van der Waals surface area contributed by atoms with E-state index in [4.69, 9.17) is 0 Å². The van der Waals surface area contributed by atoms with E-state index >= 15 is 0 Å². The molecule has 0 aromatic heterocycles. The molecule has 3 unspecified atom stereocenters. The molecule has 2 aromatic carbocycles. The number of aliphatic hydroxyl groups is 1. The van der Waals surface area contributed by atoms with E-state index in [1.807, 2.05) is 42.5 Å². The van der Waals surface area contributed by atoms with Crippen LogP contribution in [0.1, 0.15) is 13.3 Å². The molecule has 1 spiro atoms. The molecule has 2 aromatic rings. The van der Waals surface area contributed by atoms with Gasteiger partial charge >= 0.3 is 0 Å². The van der Waals surface area contributed by atoms with Crippen LogP contribution in [-0.2, 0) is 14.4 Å². The van der Waals surface area contributed by atoms with Gasteiger partial charge in [0, 0.05) is 22.8 Å². The molecule has 3 N–H and O–H groups in total. The topological polar surface area (TPSA) is 98.7 Å². The first-order valence-corrected chi connectivity index (χ1v) is 12.9. The number of hydrogen-bond acceptors (Lipinski definition) is 5. The maximum atomic E-state index is 13.8. The summed E-state index contributed by atoms with van der Waals surface area (Å²) in [6, 6.07) is 12.3. The Morgan fingerprint density at radius 3 is 2.67 bits per heavy atom. The van der Waals surface area contributed by atoms with Gasteiger partial charge in [-0.3, -0.25) is 14.4 Å². The van der Waals surface area contributed by atoms with Crippen LogP contribution in [0.3, 0.4) is 0 Å². The van der Waals surface area contributed by atoms with Crippen LogP contribution in [0.15, 0.2) is 42.5 Å². The first kappa shape index (κ1) is 22.7. The van der Waals surface area contributed by atoms with E-state index in [0.29, 0.717) is 12.1 Å². The highest BCUT2D eigenvalue weighted by atomic mass is 79.9. The molecule has 7 nitrogen and oxygen atoms in total. The number of benzene rings is 2. The Morgan fingerprint density at radius 2 is 1.97 bits per heavy atom. The number of alkyl halides is 1. The Labute approximate surface area is 204 Å². The largest absolute Gasteiger partial charge is 0.394 e. The van der Waals surface area contributed by atoms with Gasteiger partial charge in [0.15, 0.2) is 0 Å². The van der Waals surface area contributed by atoms with Crippen molar-refractivity contribution in [1.82, 2.24) is 10.2 Å². The number of carbonyl (C=O) groups is 3. The molecule has 3 saturated heterocycles. The third kappa shape index (κ3) is 3.31. The second-order valence-electron chi connectivity index (χ2n) is 9.11. The van der Waals surface area contributed by atoms with E-state index in [1.54, 1.807) is 25.7 Å². The molecule has 3 aliphatic heterocycles. The summed E-state index contributed by atoms with van der Waals surface area (Å²) in [7, 11) is 1.58. The Kier molecular flexibility index (Phi) is 5.69. The molecule has 0 saturated carbocycles. The van der Waals surface area contributed by atoms with Gasteiger partial charge in [0.25, 0.3) is 0 Å². The van der Waals surface area contributed by atoms with Gasteiger partial charge in [-0.25, -0.2) is 0 Å². The molecular formula is C24H26BrN3O4S. The Hall–Kier alpha value is -2.10. The number of carbonyl (C=O) groups excluding carboxylic acids is 3. The quantitative estimate of drug-likeness (QED) is 0.514. The van der Waals surface area contributed by atoms with Gasteiger partial charge in [0.1, 0.15) is 6.04 Å². The van der Waals surface area contributed by atoms with Gasteiger partial charge in [0.05, 0.1) is 29.2 Å². The van der Waals surface area contributed by atoms with Crippen molar-refractivity contribution in [2.75, 3.05) is 19.0 Å². The number of anilines is 1. The van der Waals surface area contributed by atoms with Crippen LogP contribution in [0.5, 0.6) is 0 Å². The van der Waals surface area contributed by atoms with Crippen molar-refractivity contribution in [3.8, 4) is 0 Å². The first-order chi connectivity index (χ1) is 15.8. The third-order valence-corrected chi connectivity index (χ3v) is 10.5. The average molecular weight is 532 g/mol. The molecule has 3 aliphatic rings. The van der Waals surface area contributed by atoms with Gasteiger partial charge in [-0.1, -0.05) is 46.3 Å². The van der Waals surface area contributed by atoms with Crippen LogP contribution < -0.4 is 10.6 Å². The number of hydrogen-bond donors (Lipinski definition) is 3. The predicted octanol–water partition coefficient (Wildman–Crippen LogP) is 2.37. The standard InChI is InChI=1S/C24H26BrN3O4S/c1-12(11-29)28-20(22(31)27-15-8-7-13-5-3-4-6-14(13)9-15)24-10-16(25)19(33-24)17(21(30)26-2)18(24)23(28)32/h3-9,12,16-20,29H,10-11H2,1-2H3,(H,26,30)(H,27,31)/t12-,16?,17+,18+,19+,20?,24?/m1/s1.